The van der Waals surface area contributed by atoms with Crippen LogP contribution in [-0.2, 0) is 0 Å². The van der Waals surface area contributed by atoms with Crippen LogP contribution in [0.2, 0.25) is 0 Å². The predicted octanol–water partition coefficient (Wildman–Crippen LogP) is 3.02. The third-order valence-electron chi connectivity index (χ3n) is 4.71. The lowest BCUT2D eigenvalue weighted by molar-refractivity contribution is 0.419. The van der Waals surface area contributed by atoms with Gasteiger partial charge in [0.15, 0.2) is 0 Å². The van der Waals surface area contributed by atoms with E-state index in [4.69, 9.17) is 4.74 Å². The molecule has 1 fully saturated rings. The van der Waals surface area contributed by atoms with Crippen LogP contribution >= 0.6 is 0 Å². The lowest BCUT2D eigenvalue weighted by Gasteiger charge is -2.17. The Bertz CT molecular complexity index is 1020. The lowest BCUT2D eigenvalue weighted by atomic mass is 10.1. The number of hydrogen-bond acceptors (Lipinski definition) is 5. The zero-order valence-electron chi connectivity index (χ0n) is 14.5. The van der Waals surface area contributed by atoms with Crippen LogP contribution in [0.4, 0.5) is 5.82 Å². The van der Waals surface area contributed by atoms with Gasteiger partial charge in [-0.05, 0) is 55.5 Å². The van der Waals surface area contributed by atoms with Crippen LogP contribution in [0.3, 0.4) is 0 Å². The summed E-state index contributed by atoms with van der Waals surface area (Å²) < 4.78 is 7.27. The molecule has 2 aromatic heterocycles. The van der Waals surface area contributed by atoms with Gasteiger partial charge in [0, 0.05) is 13.2 Å². The van der Waals surface area contributed by atoms with E-state index in [1.165, 1.54) is 18.4 Å². The highest BCUT2D eigenvalue weighted by atomic mass is 16.5. The summed E-state index contributed by atoms with van der Waals surface area (Å²) in [5.74, 6) is 1.80. The molecule has 0 radical (unpaired) electrons. The molecule has 128 valence electrons. The number of fused-ring (bicyclic) bond motifs is 1. The van der Waals surface area contributed by atoms with Gasteiger partial charge in [0.2, 0.25) is 0 Å². The first kappa shape index (κ1) is 15.6. The van der Waals surface area contributed by atoms with Crippen molar-refractivity contribution in [3.8, 4) is 11.4 Å². The van der Waals surface area contributed by atoms with Crippen LogP contribution in [0.1, 0.15) is 30.0 Å². The summed E-state index contributed by atoms with van der Waals surface area (Å²) in [6, 6.07) is 7.87. The van der Waals surface area contributed by atoms with Crippen molar-refractivity contribution in [2.45, 2.75) is 25.7 Å². The molecule has 0 bridgehead atoms. The van der Waals surface area contributed by atoms with Crippen molar-refractivity contribution in [2.24, 2.45) is 0 Å². The van der Waals surface area contributed by atoms with E-state index in [0.717, 1.165) is 28.0 Å². The van der Waals surface area contributed by atoms with E-state index in [1.807, 2.05) is 19.1 Å². The first-order valence-corrected chi connectivity index (χ1v) is 8.38. The van der Waals surface area contributed by atoms with E-state index in [9.17, 15) is 4.79 Å². The molecule has 0 atom stereocenters. The minimum Gasteiger partial charge on any atom is -0.496 e. The normalized spacial score (nSPS) is 13.9. The SMILES string of the molecule is CNc1nc(=O)n(-c2cccnc2C)c2cc(C3CC3)cc(OC)c12. The number of methoxy groups -OCH3 is 1. The van der Waals surface area contributed by atoms with Crippen molar-refractivity contribution >= 4 is 16.7 Å². The Kier molecular flexibility index (Phi) is 3.67. The van der Waals surface area contributed by atoms with Gasteiger partial charge in [0.1, 0.15) is 11.6 Å². The molecule has 0 aliphatic heterocycles. The molecule has 6 nitrogen and oxygen atoms in total. The molecule has 1 aliphatic carbocycles. The van der Waals surface area contributed by atoms with Crippen molar-refractivity contribution in [2.75, 3.05) is 19.5 Å². The van der Waals surface area contributed by atoms with Gasteiger partial charge >= 0.3 is 5.69 Å². The van der Waals surface area contributed by atoms with Gasteiger partial charge in [0.05, 0.1) is 29.4 Å². The van der Waals surface area contributed by atoms with Crippen molar-refractivity contribution in [3.63, 3.8) is 0 Å². The molecule has 1 aliphatic rings. The Morgan fingerprint density at radius 3 is 2.76 bits per heavy atom. The average Bonchev–Trinajstić information content (AvgIpc) is 3.46. The third-order valence-corrected chi connectivity index (χ3v) is 4.71. The number of aryl methyl sites for hydroxylation is 1. The molecular formula is C19H20N4O2. The minimum atomic E-state index is -0.331. The standard InChI is InChI=1S/C19H20N4O2/c1-11-14(5-4-8-21-11)23-15-9-13(12-6-7-12)10-16(25-3)17(15)18(20-2)22-19(23)24/h4-5,8-10,12H,6-7H2,1-3H3,(H,20,22,24). The van der Waals surface area contributed by atoms with Gasteiger partial charge in [-0.1, -0.05) is 0 Å². The Morgan fingerprint density at radius 1 is 1.32 bits per heavy atom. The van der Waals surface area contributed by atoms with E-state index < -0.39 is 0 Å². The minimum absolute atomic E-state index is 0.331. The van der Waals surface area contributed by atoms with Crippen LogP contribution in [0, 0.1) is 6.92 Å². The van der Waals surface area contributed by atoms with Crippen molar-refractivity contribution < 1.29 is 4.74 Å². The molecule has 1 saturated carbocycles. The number of aromatic nitrogens is 3. The topological polar surface area (TPSA) is 69.0 Å². The van der Waals surface area contributed by atoms with Crippen LogP contribution < -0.4 is 15.7 Å². The van der Waals surface area contributed by atoms with Gasteiger partial charge in [0.25, 0.3) is 0 Å². The number of anilines is 1. The number of hydrogen-bond donors (Lipinski definition) is 1. The number of pyridine rings is 1. The molecule has 25 heavy (non-hydrogen) atoms. The number of nitrogens with one attached hydrogen (secondary N) is 1. The van der Waals surface area contributed by atoms with Crippen LogP contribution in [-0.4, -0.2) is 28.7 Å². The Labute approximate surface area is 145 Å². The highest BCUT2D eigenvalue weighted by molar-refractivity contribution is 5.96. The summed E-state index contributed by atoms with van der Waals surface area (Å²) in [4.78, 5) is 21.4. The van der Waals surface area contributed by atoms with Gasteiger partial charge in [-0.25, -0.2) is 4.79 Å². The molecule has 3 aromatic rings. The first-order valence-electron chi connectivity index (χ1n) is 8.38. The van der Waals surface area contributed by atoms with Gasteiger partial charge in [-0.3, -0.25) is 9.55 Å². The fourth-order valence-corrected chi connectivity index (χ4v) is 3.28. The highest BCUT2D eigenvalue weighted by Gasteiger charge is 2.26. The second-order valence-electron chi connectivity index (χ2n) is 6.33. The smallest absolute Gasteiger partial charge is 0.354 e. The molecular weight excluding hydrogens is 316 g/mol. The van der Waals surface area contributed by atoms with Gasteiger partial charge in [-0.15, -0.1) is 0 Å². The summed E-state index contributed by atoms with van der Waals surface area (Å²) in [6.07, 6.45) is 4.07. The molecule has 6 heteroatoms. The van der Waals surface area contributed by atoms with Crippen LogP contribution in [0.5, 0.6) is 5.75 Å². The zero-order chi connectivity index (χ0) is 17.6. The molecule has 0 spiro atoms. The van der Waals surface area contributed by atoms with Crippen LogP contribution in [0.15, 0.2) is 35.3 Å². The monoisotopic (exact) mass is 336 g/mol. The second-order valence-corrected chi connectivity index (χ2v) is 6.33. The van der Waals surface area contributed by atoms with Crippen molar-refractivity contribution in [3.05, 3.63) is 52.2 Å². The first-order chi connectivity index (χ1) is 12.1. The van der Waals surface area contributed by atoms with E-state index in [0.29, 0.717) is 11.7 Å². The highest BCUT2D eigenvalue weighted by Crippen LogP contribution is 2.44. The summed E-state index contributed by atoms with van der Waals surface area (Å²) in [5, 5.41) is 3.83. The van der Waals surface area contributed by atoms with Crippen molar-refractivity contribution in [1.29, 1.82) is 0 Å². The maximum absolute atomic E-state index is 12.8. The fourth-order valence-electron chi connectivity index (χ4n) is 3.28. The largest absolute Gasteiger partial charge is 0.496 e. The van der Waals surface area contributed by atoms with Crippen molar-refractivity contribution in [1.82, 2.24) is 14.5 Å². The number of nitrogens with zero attached hydrogens (tertiary/aromatic N) is 3. The van der Waals surface area contributed by atoms with E-state index in [-0.39, 0.29) is 5.69 Å². The second kappa shape index (κ2) is 5.88. The maximum Gasteiger partial charge on any atom is 0.354 e. The van der Waals surface area contributed by atoms with E-state index in [2.05, 4.69) is 27.4 Å². The fraction of sp³-hybridized carbons (Fsp3) is 0.316. The molecule has 4 rings (SSSR count). The Morgan fingerprint density at radius 2 is 2.12 bits per heavy atom. The molecule has 0 unspecified atom stereocenters. The number of ether oxygens (including phenoxy) is 1. The maximum atomic E-state index is 12.8. The summed E-state index contributed by atoms with van der Waals surface area (Å²) in [7, 11) is 3.41. The molecule has 0 amide bonds. The zero-order valence-corrected chi connectivity index (χ0v) is 14.5. The third kappa shape index (κ3) is 2.54. The summed E-state index contributed by atoms with van der Waals surface area (Å²) in [6.45, 7) is 1.89. The Hall–Kier alpha value is -2.89. The summed E-state index contributed by atoms with van der Waals surface area (Å²) in [5.41, 5.74) is 3.18. The molecule has 1 N–H and O–H groups in total. The molecule has 2 heterocycles. The lowest BCUT2D eigenvalue weighted by Crippen LogP contribution is -2.24. The Balaban J connectivity index is 2.15. The van der Waals surface area contributed by atoms with Crippen LogP contribution in [0.25, 0.3) is 16.6 Å². The van der Waals surface area contributed by atoms with Gasteiger partial charge in [-0.2, -0.15) is 4.98 Å². The number of benzene rings is 1. The summed E-state index contributed by atoms with van der Waals surface area (Å²) >= 11 is 0. The van der Waals surface area contributed by atoms with E-state index in [1.54, 1.807) is 24.9 Å². The van der Waals surface area contributed by atoms with Gasteiger partial charge < -0.3 is 10.1 Å². The quantitative estimate of drug-likeness (QED) is 0.793. The molecule has 1 aromatic carbocycles. The predicted molar refractivity (Wildman–Crippen MR) is 97.9 cm³/mol. The average molecular weight is 336 g/mol. The molecule has 0 saturated heterocycles. The van der Waals surface area contributed by atoms with E-state index >= 15 is 0 Å². The number of rotatable bonds is 4.